The standard InChI is InChI=1S/C18H30N8O/c1-15(2)6-12-26-17(21-22-23-26)18(7-4-10-24(14-18)16(3)27)19-9-13-25-11-5-8-20-25/h5,8,11,15,19H,4,6-7,9-10,12-14H2,1-3H3/t18-/m0/s1. The Hall–Kier alpha value is -2.29. The Morgan fingerprint density at radius 3 is 2.93 bits per heavy atom. The molecule has 2 aromatic heterocycles. The SMILES string of the molecule is CC(=O)N1CCC[C@@](NCCn2cccn2)(c2nnnn2CCC(C)C)C1. The maximum atomic E-state index is 12.0. The highest BCUT2D eigenvalue weighted by Crippen LogP contribution is 2.30. The lowest BCUT2D eigenvalue weighted by Crippen LogP contribution is -2.57. The lowest BCUT2D eigenvalue weighted by molar-refractivity contribution is -0.131. The molecule has 0 radical (unpaired) electrons. The van der Waals surface area contributed by atoms with Crippen molar-refractivity contribution in [3.63, 3.8) is 0 Å². The summed E-state index contributed by atoms with van der Waals surface area (Å²) in [7, 11) is 0. The molecule has 148 valence electrons. The van der Waals surface area contributed by atoms with Crippen LogP contribution in [0.2, 0.25) is 0 Å². The number of aromatic nitrogens is 6. The number of hydrogen-bond acceptors (Lipinski definition) is 6. The number of tetrazole rings is 1. The molecule has 9 heteroatoms. The summed E-state index contributed by atoms with van der Waals surface area (Å²) >= 11 is 0. The van der Waals surface area contributed by atoms with E-state index in [1.165, 1.54) is 0 Å². The van der Waals surface area contributed by atoms with Crippen molar-refractivity contribution in [2.45, 2.75) is 58.7 Å². The fourth-order valence-corrected chi connectivity index (χ4v) is 3.65. The fraction of sp³-hybridized carbons (Fsp3) is 0.722. The third-order valence-electron chi connectivity index (χ3n) is 5.18. The van der Waals surface area contributed by atoms with E-state index in [0.29, 0.717) is 12.5 Å². The van der Waals surface area contributed by atoms with Crippen molar-refractivity contribution < 1.29 is 4.79 Å². The van der Waals surface area contributed by atoms with Crippen LogP contribution < -0.4 is 5.32 Å². The molecule has 3 rings (SSSR count). The van der Waals surface area contributed by atoms with Gasteiger partial charge in [-0.3, -0.25) is 9.48 Å². The predicted octanol–water partition coefficient (Wildman–Crippen LogP) is 1.04. The van der Waals surface area contributed by atoms with E-state index in [2.05, 4.69) is 39.8 Å². The second-order valence-electron chi connectivity index (χ2n) is 7.73. The van der Waals surface area contributed by atoms with Crippen LogP contribution in [0.25, 0.3) is 0 Å². The van der Waals surface area contributed by atoms with Crippen LogP contribution in [0.4, 0.5) is 0 Å². The van der Waals surface area contributed by atoms with Gasteiger partial charge in [0.15, 0.2) is 5.82 Å². The summed E-state index contributed by atoms with van der Waals surface area (Å²) in [5.41, 5.74) is -0.433. The van der Waals surface area contributed by atoms with E-state index in [4.69, 9.17) is 0 Å². The van der Waals surface area contributed by atoms with Gasteiger partial charge in [-0.05, 0) is 41.7 Å². The minimum Gasteiger partial charge on any atom is -0.341 e. The molecule has 27 heavy (non-hydrogen) atoms. The highest BCUT2D eigenvalue weighted by atomic mass is 16.2. The molecule has 1 fully saturated rings. The molecule has 1 saturated heterocycles. The molecular formula is C18H30N8O. The van der Waals surface area contributed by atoms with Gasteiger partial charge in [0.2, 0.25) is 5.91 Å². The van der Waals surface area contributed by atoms with Crippen LogP contribution in [-0.2, 0) is 23.4 Å². The molecule has 0 saturated carbocycles. The Morgan fingerprint density at radius 2 is 2.22 bits per heavy atom. The number of likely N-dealkylation sites (tertiary alicyclic amines) is 1. The zero-order valence-corrected chi connectivity index (χ0v) is 16.5. The van der Waals surface area contributed by atoms with E-state index in [1.807, 2.05) is 26.5 Å². The lowest BCUT2D eigenvalue weighted by atomic mass is 9.87. The van der Waals surface area contributed by atoms with Crippen molar-refractivity contribution in [2.24, 2.45) is 5.92 Å². The van der Waals surface area contributed by atoms with E-state index in [-0.39, 0.29) is 5.91 Å². The zero-order valence-electron chi connectivity index (χ0n) is 16.5. The van der Waals surface area contributed by atoms with Crippen molar-refractivity contribution in [3.05, 3.63) is 24.3 Å². The average Bonchev–Trinajstić information content (AvgIpc) is 3.32. The first kappa shape index (κ1) is 19.5. The first-order valence-corrected chi connectivity index (χ1v) is 9.75. The molecule has 0 bridgehead atoms. The summed E-state index contributed by atoms with van der Waals surface area (Å²) in [5.74, 6) is 1.49. The Morgan fingerprint density at radius 1 is 1.37 bits per heavy atom. The second kappa shape index (κ2) is 8.60. The molecule has 9 nitrogen and oxygen atoms in total. The Bertz CT molecular complexity index is 726. The van der Waals surface area contributed by atoms with Gasteiger partial charge >= 0.3 is 0 Å². The van der Waals surface area contributed by atoms with Crippen LogP contribution in [0.15, 0.2) is 18.5 Å². The van der Waals surface area contributed by atoms with E-state index < -0.39 is 5.54 Å². The topological polar surface area (TPSA) is 93.8 Å². The maximum absolute atomic E-state index is 12.0. The van der Waals surface area contributed by atoms with Gasteiger partial charge in [0.1, 0.15) is 0 Å². The summed E-state index contributed by atoms with van der Waals surface area (Å²) in [4.78, 5) is 13.9. The van der Waals surface area contributed by atoms with Crippen molar-refractivity contribution in [1.29, 1.82) is 0 Å². The van der Waals surface area contributed by atoms with Crippen LogP contribution >= 0.6 is 0 Å². The first-order chi connectivity index (χ1) is 13.0. The van der Waals surface area contributed by atoms with Gasteiger partial charge < -0.3 is 10.2 Å². The Labute approximate surface area is 160 Å². The Balaban J connectivity index is 1.81. The van der Waals surface area contributed by atoms with Crippen molar-refractivity contribution in [1.82, 2.24) is 40.2 Å². The number of piperidine rings is 1. The van der Waals surface area contributed by atoms with Crippen LogP contribution in [-0.4, -0.2) is 60.4 Å². The molecule has 3 heterocycles. The maximum Gasteiger partial charge on any atom is 0.219 e. The molecule has 0 unspecified atom stereocenters. The minimum atomic E-state index is -0.433. The third kappa shape index (κ3) is 4.71. The number of aryl methyl sites for hydroxylation is 1. The predicted molar refractivity (Wildman–Crippen MR) is 101 cm³/mol. The molecule has 1 N–H and O–H groups in total. The molecule has 0 aliphatic carbocycles. The molecular weight excluding hydrogens is 344 g/mol. The quantitative estimate of drug-likeness (QED) is 0.742. The molecule has 0 aromatic carbocycles. The lowest BCUT2D eigenvalue weighted by Gasteiger charge is -2.42. The number of carbonyl (C=O) groups is 1. The molecule has 2 aromatic rings. The van der Waals surface area contributed by atoms with Gasteiger partial charge in [-0.2, -0.15) is 5.10 Å². The van der Waals surface area contributed by atoms with Crippen LogP contribution in [0.1, 0.15) is 45.9 Å². The van der Waals surface area contributed by atoms with Gasteiger partial charge in [0.05, 0.1) is 12.1 Å². The third-order valence-corrected chi connectivity index (χ3v) is 5.18. The number of nitrogens with one attached hydrogen (secondary N) is 1. The van der Waals surface area contributed by atoms with E-state index in [0.717, 1.165) is 51.3 Å². The van der Waals surface area contributed by atoms with Gasteiger partial charge in [0.25, 0.3) is 0 Å². The molecule has 1 aliphatic rings. The van der Waals surface area contributed by atoms with Gasteiger partial charge in [-0.25, -0.2) is 4.68 Å². The highest BCUT2D eigenvalue weighted by Gasteiger charge is 2.42. The summed E-state index contributed by atoms with van der Waals surface area (Å²) in [6.07, 6.45) is 6.56. The van der Waals surface area contributed by atoms with Crippen molar-refractivity contribution >= 4 is 5.91 Å². The average molecular weight is 374 g/mol. The second-order valence-corrected chi connectivity index (χ2v) is 7.73. The molecule has 1 aliphatic heterocycles. The largest absolute Gasteiger partial charge is 0.341 e. The zero-order chi connectivity index (χ0) is 19.3. The van der Waals surface area contributed by atoms with Crippen molar-refractivity contribution in [2.75, 3.05) is 19.6 Å². The number of nitrogens with zero attached hydrogens (tertiary/aromatic N) is 7. The summed E-state index contributed by atoms with van der Waals surface area (Å²) < 4.78 is 3.80. The molecule has 1 atom stereocenters. The normalized spacial score (nSPS) is 20.4. The summed E-state index contributed by atoms with van der Waals surface area (Å²) in [6.45, 7) is 9.65. The van der Waals surface area contributed by atoms with E-state index in [1.54, 1.807) is 13.1 Å². The monoisotopic (exact) mass is 374 g/mol. The van der Waals surface area contributed by atoms with E-state index >= 15 is 0 Å². The number of rotatable bonds is 8. The van der Waals surface area contributed by atoms with Gasteiger partial charge in [-0.15, -0.1) is 5.10 Å². The first-order valence-electron chi connectivity index (χ1n) is 9.75. The summed E-state index contributed by atoms with van der Waals surface area (Å²) in [6, 6.07) is 1.92. The van der Waals surface area contributed by atoms with Crippen LogP contribution in [0.5, 0.6) is 0 Å². The molecule has 0 spiro atoms. The minimum absolute atomic E-state index is 0.0918. The van der Waals surface area contributed by atoms with Crippen molar-refractivity contribution in [3.8, 4) is 0 Å². The molecule has 1 amide bonds. The van der Waals surface area contributed by atoms with Gasteiger partial charge in [0, 0.05) is 45.5 Å². The summed E-state index contributed by atoms with van der Waals surface area (Å²) in [5, 5.41) is 20.5. The van der Waals surface area contributed by atoms with Crippen LogP contribution in [0, 0.1) is 5.92 Å². The van der Waals surface area contributed by atoms with E-state index in [9.17, 15) is 4.79 Å². The fourth-order valence-electron chi connectivity index (χ4n) is 3.65. The Kier molecular flexibility index (Phi) is 6.20. The number of hydrogen-bond donors (Lipinski definition) is 1. The van der Waals surface area contributed by atoms with Gasteiger partial charge in [-0.1, -0.05) is 13.8 Å². The highest BCUT2D eigenvalue weighted by molar-refractivity contribution is 5.73. The number of amides is 1. The smallest absolute Gasteiger partial charge is 0.219 e. The number of carbonyl (C=O) groups excluding carboxylic acids is 1. The van der Waals surface area contributed by atoms with Crippen LogP contribution in [0.3, 0.4) is 0 Å².